The van der Waals surface area contributed by atoms with Gasteiger partial charge in [-0.1, -0.05) is 6.07 Å². The van der Waals surface area contributed by atoms with Crippen molar-refractivity contribution in [2.45, 2.75) is 25.3 Å². The minimum atomic E-state index is -0.540. The number of benzene rings is 1. The molecule has 20 heavy (non-hydrogen) atoms. The summed E-state index contributed by atoms with van der Waals surface area (Å²) in [6.07, 6.45) is 4.04. The number of hydrogen-bond donors (Lipinski definition) is 1. The lowest BCUT2D eigenvalue weighted by Crippen LogP contribution is -2.28. The smallest absolute Gasteiger partial charge is 0.129 e. The van der Waals surface area contributed by atoms with Crippen LogP contribution >= 0.6 is 0 Å². The maximum atomic E-state index is 13.6. The van der Waals surface area contributed by atoms with Crippen LogP contribution in [0.1, 0.15) is 17.7 Å². The number of likely N-dealkylation sites (N-methyl/N-ethyl adjacent to an activating group) is 1. The van der Waals surface area contributed by atoms with Crippen LogP contribution in [0, 0.1) is 11.6 Å². The highest BCUT2D eigenvalue weighted by Gasteiger charge is 2.12. The molecule has 1 unspecified atom stereocenters. The minimum Gasteiger partial charge on any atom is -0.317 e. The second-order valence-electron chi connectivity index (χ2n) is 4.91. The molecule has 108 valence electrons. The summed E-state index contributed by atoms with van der Waals surface area (Å²) in [5, 5.41) is 7.31. The van der Waals surface area contributed by atoms with Crippen LogP contribution in [0.15, 0.2) is 30.5 Å². The highest BCUT2D eigenvalue weighted by Crippen LogP contribution is 2.14. The van der Waals surface area contributed by atoms with Crippen molar-refractivity contribution in [3.63, 3.8) is 0 Å². The summed E-state index contributed by atoms with van der Waals surface area (Å²) in [4.78, 5) is 0. The molecule has 1 atom stereocenters. The van der Waals surface area contributed by atoms with Gasteiger partial charge in [-0.25, -0.2) is 8.78 Å². The third-order valence-corrected chi connectivity index (χ3v) is 3.56. The van der Waals surface area contributed by atoms with E-state index < -0.39 is 11.6 Å². The molecule has 0 fully saturated rings. The molecule has 0 aliphatic rings. The summed E-state index contributed by atoms with van der Waals surface area (Å²) in [5.74, 6) is -1.02. The molecular formula is C15H19F2N3. The van der Waals surface area contributed by atoms with E-state index in [4.69, 9.17) is 0 Å². The van der Waals surface area contributed by atoms with Crippen LogP contribution < -0.4 is 5.32 Å². The normalized spacial score (nSPS) is 12.6. The first-order chi connectivity index (χ1) is 9.60. The van der Waals surface area contributed by atoms with Crippen molar-refractivity contribution >= 4 is 0 Å². The number of hydrogen-bond acceptors (Lipinski definition) is 2. The van der Waals surface area contributed by atoms with Gasteiger partial charge >= 0.3 is 0 Å². The Balaban J connectivity index is 1.97. The van der Waals surface area contributed by atoms with Crippen LogP contribution in [0.4, 0.5) is 8.78 Å². The topological polar surface area (TPSA) is 29.9 Å². The van der Waals surface area contributed by atoms with Gasteiger partial charge in [0.15, 0.2) is 0 Å². The average Bonchev–Trinajstić information content (AvgIpc) is 2.82. The summed E-state index contributed by atoms with van der Waals surface area (Å²) in [6, 6.07) is 5.87. The molecule has 0 saturated heterocycles. The summed E-state index contributed by atoms with van der Waals surface area (Å²) in [6.45, 7) is 0. The van der Waals surface area contributed by atoms with Crippen molar-refractivity contribution in [3.8, 4) is 0 Å². The van der Waals surface area contributed by atoms with Crippen molar-refractivity contribution in [1.82, 2.24) is 15.1 Å². The van der Waals surface area contributed by atoms with Gasteiger partial charge in [-0.15, -0.1) is 0 Å². The summed E-state index contributed by atoms with van der Waals surface area (Å²) in [7, 11) is 3.76. The molecule has 0 saturated carbocycles. The van der Waals surface area contributed by atoms with Crippen LogP contribution in [0.3, 0.4) is 0 Å². The van der Waals surface area contributed by atoms with Gasteiger partial charge in [0.2, 0.25) is 0 Å². The first-order valence-electron chi connectivity index (χ1n) is 6.68. The fourth-order valence-electron chi connectivity index (χ4n) is 2.27. The average molecular weight is 279 g/mol. The first-order valence-corrected chi connectivity index (χ1v) is 6.68. The highest BCUT2D eigenvalue weighted by atomic mass is 19.1. The first kappa shape index (κ1) is 14.7. The molecule has 2 rings (SSSR count). The monoisotopic (exact) mass is 279 g/mol. The van der Waals surface area contributed by atoms with Crippen LogP contribution in [-0.2, 0) is 19.9 Å². The van der Waals surface area contributed by atoms with Crippen molar-refractivity contribution in [3.05, 3.63) is 53.4 Å². The Morgan fingerprint density at radius 2 is 2.10 bits per heavy atom. The van der Waals surface area contributed by atoms with Gasteiger partial charge in [-0.05, 0) is 44.0 Å². The number of rotatable bonds is 6. The lowest BCUT2D eigenvalue weighted by atomic mass is 10.0. The predicted molar refractivity (Wildman–Crippen MR) is 74.4 cm³/mol. The maximum Gasteiger partial charge on any atom is 0.129 e. The standard InChI is InChI=1S/C15H19F2N3/c1-18-13(5-6-14-7-8-19-20(14)2)9-11-3-4-12(16)10-15(11)17/h3-4,7-8,10,13,18H,5-6,9H2,1-2H3. The maximum absolute atomic E-state index is 13.6. The van der Waals surface area contributed by atoms with Crippen LogP contribution in [0.5, 0.6) is 0 Å². The third kappa shape index (κ3) is 3.63. The molecule has 0 radical (unpaired) electrons. The second-order valence-corrected chi connectivity index (χ2v) is 4.91. The van der Waals surface area contributed by atoms with Gasteiger partial charge in [-0.2, -0.15) is 5.10 Å². The fourth-order valence-corrected chi connectivity index (χ4v) is 2.27. The van der Waals surface area contributed by atoms with Gasteiger partial charge in [0, 0.05) is 31.0 Å². The van der Waals surface area contributed by atoms with Crippen LogP contribution in [0.25, 0.3) is 0 Å². The molecule has 1 aromatic heterocycles. The highest BCUT2D eigenvalue weighted by molar-refractivity contribution is 5.19. The molecule has 5 heteroatoms. The van der Waals surface area contributed by atoms with E-state index >= 15 is 0 Å². The Hall–Kier alpha value is -1.75. The van der Waals surface area contributed by atoms with Crippen LogP contribution in [0.2, 0.25) is 0 Å². The van der Waals surface area contributed by atoms with Gasteiger partial charge in [0.25, 0.3) is 0 Å². The van der Waals surface area contributed by atoms with Crippen molar-refractivity contribution in [2.75, 3.05) is 7.05 Å². The Labute approximate surface area is 117 Å². The molecule has 0 bridgehead atoms. The number of aryl methyl sites for hydroxylation is 2. The van der Waals surface area contributed by atoms with Gasteiger partial charge in [-0.3, -0.25) is 4.68 Å². The van der Waals surface area contributed by atoms with E-state index in [1.165, 1.54) is 12.1 Å². The minimum absolute atomic E-state index is 0.143. The molecule has 2 aromatic rings. The lowest BCUT2D eigenvalue weighted by molar-refractivity contribution is 0.493. The summed E-state index contributed by atoms with van der Waals surface area (Å²) >= 11 is 0. The summed E-state index contributed by atoms with van der Waals surface area (Å²) < 4.78 is 28.4. The van der Waals surface area contributed by atoms with E-state index in [0.29, 0.717) is 12.0 Å². The quantitative estimate of drug-likeness (QED) is 0.880. The molecule has 0 aliphatic heterocycles. The SMILES string of the molecule is CNC(CCc1ccnn1C)Cc1ccc(F)cc1F. The van der Waals surface area contributed by atoms with E-state index in [9.17, 15) is 8.78 Å². The Kier molecular flexibility index (Phi) is 4.84. The number of nitrogens with zero attached hydrogens (tertiary/aromatic N) is 2. The summed E-state index contributed by atoms with van der Waals surface area (Å²) in [5.41, 5.74) is 1.68. The number of halogens is 2. The zero-order chi connectivity index (χ0) is 14.5. The van der Waals surface area contributed by atoms with E-state index in [1.807, 2.05) is 24.8 Å². The molecule has 3 nitrogen and oxygen atoms in total. The molecule has 0 aliphatic carbocycles. The third-order valence-electron chi connectivity index (χ3n) is 3.56. The van der Waals surface area contributed by atoms with E-state index in [0.717, 1.165) is 24.6 Å². The predicted octanol–water partition coefficient (Wildman–Crippen LogP) is 2.46. The second kappa shape index (κ2) is 6.61. The van der Waals surface area contributed by atoms with Gasteiger partial charge in [0.1, 0.15) is 11.6 Å². The molecule has 0 amide bonds. The molecule has 1 aromatic carbocycles. The largest absolute Gasteiger partial charge is 0.317 e. The van der Waals surface area contributed by atoms with Crippen molar-refractivity contribution in [2.24, 2.45) is 7.05 Å². The molecular weight excluding hydrogens is 260 g/mol. The molecule has 1 heterocycles. The van der Waals surface area contributed by atoms with Crippen molar-refractivity contribution < 1.29 is 8.78 Å². The molecule has 0 spiro atoms. The Bertz CT molecular complexity index is 566. The fraction of sp³-hybridized carbons (Fsp3) is 0.400. The lowest BCUT2D eigenvalue weighted by Gasteiger charge is -2.16. The van der Waals surface area contributed by atoms with Crippen LogP contribution in [-0.4, -0.2) is 22.9 Å². The zero-order valence-electron chi connectivity index (χ0n) is 11.7. The van der Waals surface area contributed by atoms with Gasteiger partial charge in [0.05, 0.1) is 0 Å². The van der Waals surface area contributed by atoms with E-state index in [2.05, 4.69) is 10.4 Å². The zero-order valence-corrected chi connectivity index (χ0v) is 11.7. The Morgan fingerprint density at radius 1 is 1.30 bits per heavy atom. The molecule has 1 N–H and O–H groups in total. The number of nitrogens with one attached hydrogen (secondary N) is 1. The van der Waals surface area contributed by atoms with E-state index in [-0.39, 0.29) is 6.04 Å². The van der Waals surface area contributed by atoms with Gasteiger partial charge < -0.3 is 5.32 Å². The number of aromatic nitrogens is 2. The van der Waals surface area contributed by atoms with E-state index in [1.54, 1.807) is 6.20 Å². The Morgan fingerprint density at radius 3 is 2.70 bits per heavy atom. The van der Waals surface area contributed by atoms with Crippen molar-refractivity contribution in [1.29, 1.82) is 0 Å².